The van der Waals surface area contributed by atoms with E-state index in [9.17, 15) is 5.11 Å². The summed E-state index contributed by atoms with van der Waals surface area (Å²) in [5.74, 6) is 0. The third kappa shape index (κ3) is 3.10. The average molecular weight is 235 g/mol. The van der Waals surface area contributed by atoms with Gasteiger partial charge in [0.1, 0.15) is 0 Å². The zero-order chi connectivity index (χ0) is 11.2. The SMILES string of the molecule is OC(CNCc1csnn1)c1ccccc1. The molecule has 0 spiro atoms. The second kappa shape index (κ2) is 5.69. The molecule has 0 saturated heterocycles. The van der Waals surface area contributed by atoms with Gasteiger partial charge in [0.2, 0.25) is 0 Å². The molecule has 0 aliphatic rings. The molecule has 0 fully saturated rings. The summed E-state index contributed by atoms with van der Waals surface area (Å²) in [4.78, 5) is 0. The largest absolute Gasteiger partial charge is 0.387 e. The van der Waals surface area contributed by atoms with E-state index in [4.69, 9.17) is 0 Å². The van der Waals surface area contributed by atoms with Crippen LogP contribution in [-0.2, 0) is 6.54 Å². The molecule has 2 rings (SSSR count). The molecule has 1 aromatic heterocycles. The minimum atomic E-state index is -0.479. The molecule has 2 N–H and O–H groups in total. The molecule has 84 valence electrons. The molecular formula is C11H13N3OS. The van der Waals surface area contributed by atoms with Crippen molar-refractivity contribution in [2.24, 2.45) is 0 Å². The molecule has 16 heavy (non-hydrogen) atoms. The summed E-state index contributed by atoms with van der Waals surface area (Å²) in [5.41, 5.74) is 1.83. The standard InChI is InChI=1S/C11H13N3OS/c15-11(9-4-2-1-3-5-9)7-12-6-10-8-16-14-13-10/h1-5,8,11-12,15H,6-7H2. The lowest BCUT2D eigenvalue weighted by Crippen LogP contribution is -2.21. The van der Waals surface area contributed by atoms with Crippen LogP contribution in [0.1, 0.15) is 17.4 Å². The van der Waals surface area contributed by atoms with Crippen molar-refractivity contribution in [2.75, 3.05) is 6.54 Å². The van der Waals surface area contributed by atoms with Gasteiger partial charge in [0, 0.05) is 18.5 Å². The second-order valence-electron chi connectivity index (χ2n) is 3.45. The summed E-state index contributed by atoms with van der Waals surface area (Å²) in [6, 6.07) is 9.60. The van der Waals surface area contributed by atoms with Crippen molar-refractivity contribution in [1.29, 1.82) is 0 Å². The number of benzene rings is 1. The highest BCUT2D eigenvalue weighted by Crippen LogP contribution is 2.10. The third-order valence-electron chi connectivity index (χ3n) is 2.23. The van der Waals surface area contributed by atoms with E-state index < -0.39 is 6.10 Å². The van der Waals surface area contributed by atoms with E-state index >= 15 is 0 Å². The smallest absolute Gasteiger partial charge is 0.0914 e. The maximum atomic E-state index is 9.85. The Morgan fingerprint density at radius 2 is 2.12 bits per heavy atom. The Labute approximate surface area is 98.1 Å². The summed E-state index contributed by atoms with van der Waals surface area (Å²) >= 11 is 1.33. The van der Waals surface area contributed by atoms with Gasteiger partial charge >= 0.3 is 0 Å². The maximum absolute atomic E-state index is 9.85. The van der Waals surface area contributed by atoms with Crippen molar-refractivity contribution in [3.05, 3.63) is 47.0 Å². The van der Waals surface area contributed by atoms with E-state index in [0.717, 1.165) is 11.3 Å². The van der Waals surface area contributed by atoms with Crippen LogP contribution in [0.2, 0.25) is 0 Å². The van der Waals surface area contributed by atoms with Gasteiger partial charge in [-0.25, -0.2) is 0 Å². The molecule has 0 saturated carbocycles. The van der Waals surface area contributed by atoms with Crippen molar-refractivity contribution in [1.82, 2.24) is 14.9 Å². The number of nitrogens with one attached hydrogen (secondary N) is 1. The van der Waals surface area contributed by atoms with E-state index in [0.29, 0.717) is 13.1 Å². The van der Waals surface area contributed by atoms with Crippen molar-refractivity contribution in [2.45, 2.75) is 12.6 Å². The number of rotatable bonds is 5. The minimum absolute atomic E-state index is 0.479. The second-order valence-corrected chi connectivity index (χ2v) is 4.06. The fraction of sp³-hybridized carbons (Fsp3) is 0.273. The van der Waals surface area contributed by atoms with Crippen LogP contribution < -0.4 is 5.32 Å². The van der Waals surface area contributed by atoms with Crippen molar-refractivity contribution in [3.8, 4) is 0 Å². The first-order chi connectivity index (χ1) is 7.86. The van der Waals surface area contributed by atoms with Crippen LogP contribution in [0.4, 0.5) is 0 Å². The molecule has 0 amide bonds. The third-order valence-corrected chi connectivity index (χ3v) is 2.79. The Balaban J connectivity index is 1.78. The van der Waals surface area contributed by atoms with Crippen LogP contribution >= 0.6 is 11.5 Å². The normalized spacial score (nSPS) is 12.6. The number of hydrogen-bond acceptors (Lipinski definition) is 5. The lowest BCUT2D eigenvalue weighted by molar-refractivity contribution is 0.174. The van der Waals surface area contributed by atoms with Crippen LogP contribution in [0.5, 0.6) is 0 Å². The molecule has 5 heteroatoms. The van der Waals surface area contributed by atoms with Crippen LogP contribution in [-0.4, -0.2) is 21.2 Å². The molecule has 1 aromatic carbocycles. The predicted octanol–water partition coefficient (Wildman–Crippen LogP) is 1.36. The highest BCUT2D eigenvalue weighted by Gasteiger charge is 2.06. The summed E-state index contributed by atoms with van der Waals surface area (Å²) in [5, 5.41) is 18.8. The van der Waals surface area contributed by atoms with Gasteiger partial charge in [-0.1, -0.05) is 34.8 Å². The Morgan fingerprint density at radius 1 is 1.31 bits per heavy atom. The number of hydrogen-bond donors (Lipinski definition) is 2. The number of aliphatic hydroxyl groups is 1. The van der Waals surface area contributed by atoms with E-state index in [2.05, 4.69) is 14.9 Å². The Bertz CT molecular complexity index is 404. The molecule has 0 aliphatic heterocycles. The highest BCUT2D eigenvalue weighted by molar-refractivity contribution is 7.03. The maximum Gasteiger partial charge on any atom is 0.0914 e. The molecule has 4 nitrogen and oxygen atoms in total. The molecule has 1 atom stereocenters. The van der Waals surface area contributed by atoms with Gasteiger partial charge in [0.05, 0.1) is 11.8 Å². The van der Waals surface area contributed by atoms with E-state index in [1.54, 1.807) is 0 Å². The van der Waals surface area contributed by atoms with Crippen LogP contribution in [0, 0.1) is 0 Å². The first-order valence-corrected chi connectivity index (χ1v) is 5.89. The van der Waals surface area contributed by atoms with Gasteiger partial charge in [-0.2, -0.15) is 0 Å². The van der Waals surface area contributed by atoms with Gasteiger partial charge in [-0.3, -0.25) is 0 Å². The van der Waals surface area contributed by atoms with Crippen LogP contribution in [0.25, 0.3) is 0 Å². The Morgan fingerprint density at radius 3 is 2.81 bits per heavy atom. The molecule has 1 heterocycles. The Hall–Kier alpha value is -1.30. The average Bonchev–Trinajstić information content (AvgIpc) is 2.83. The monoisotopic (exact) mass is 235 g/mol. The van der Waals surface area contributed by atoms with Crippen molar-refractivity contribution >= 4 is 11.5 Å². The molecule has 2 aromatic rings. The number of aliphatic hydroxyl groups excluding tert-OH is 1. The quantitative estimate of drug-likeness (QED) is 0.821. The fourth-order valence-electron chi connectivity index (χ4n) is 1.39. The highest BCUT2D eigenvalue weighted by atomic mass is 32.1. The number of nitrogens with zero attached hydrogens (tertiary/aromatic N) is 2. The van der Waals surface area contributed by atoms with E-state index in [1.165, 1.54) is 11.5 Å². The summed E-state index contributed by atoms with van der Waals surface area (Å²) in [6.45, 7) is 1.15. The summed E-state index contributed by atoms with van der Waals surface area (Å²) < 4.78 is 3.77. The van der Waals surface area contributed by atoms with E-state index in [1.807, 2.05) is 35.7 Å². The van der Waals surface area contributed by atoms with E-state index in [-0.39, 0.29) is 0 Å². The van der Waals surface area contributed by atoms with Crippen LogP contribution in [0.15, 0.2) is 35.7 Å². The van der Waals surface area contributed by atoms with Gasteiger partial charge in [0.25, 0.3) is 0 Å². The lowest BCUT2D eigenvalue weighted by atomic mass is 10.1. The Kier molecular flexibility index (Phi) is 3.98. The summed E-state index contributed by atoms with van der Waals surface area (Å²) in [6.07, 6.45) is -0.479. The fourth-order valence-corrected chi connectivity index (χ4v) is 1.84. The summed E-state index contributed by atoms with van der Waals surface area (Å²) in [7, 11) is 0. The molecule has 0 bridgehead atoms. The first kappa shape index (κ1) is 11.2. The zero-order valence-corrected chi connectivity index (χ0v) is 9.52. The topological polar surface area (TPSA) is 58.0 Å². The van der Waals surface area contributed by atoms with Crippen LogP contribution in [0.3, 0.4) is 0 Å². The van der Waals surface area contributed by atoms with Crippen molar-refractivity contribution < 1.29 is 5.11 Å². The first-order valence-electron chi connectivity index (χ1n) is 5.06. The predicted molar refractivity (Wildman–Crippen MR) is 63.0 cm³/mol. The lowest BCUT2D eigenvalue weighted by Gasteiger charge is -2.11. The minimum Gasteiger partial charge on any atom is -0.387 e. The zero-order valence-electron chi connectivity index (χ0n) is 8.71. The molecular weight excluding hydrogens is 222 g/mol. The van der Waals surface area contributed by atoms with Gasteiger partial charge < -0.3 is 10.4 Å². The molecule has 1 unspecified atom stereocenters. The van der Waals surface area contributed by atoms with Gasteiger partial charge in [0.15, 0.2) is 0 Å². The van der Waals surface area contributed by atoms with Crippen molar-refractivity contribution in [3.63, 3.8) is 0 Å². The van der Waals surface area contributed by atoms with Gasteiger partial charge in [-0.05, 0) is 17.1 Å². The molecule has 0 radical (unpaired) electrons. The molecule has 0 aliphatic carbocycles. The number of aromatic nitrogens is 2. The van der Waals surface area contributed by atoms with Gasteiger partial charge in [-0.15, -0.1) is 5.10 Å².